The summed E-state index contributed by atoms with van der Waals surface area (Å²) in [7, 11) is 0. The van der Waals surface area contributed by atoms with Crippen molar-refractivity contribution in [1.29, 1.82) is 0 Å². The number of allylic oxidation sites excluding steroid dienone is 2. The van der Waals surface area contributed by atoms with Crippen LogP contribution in [0.3, 0.4) is 0 Å². The number of alkyl halides is 1. The summed E-state index contributed by atoms with van der Waals surface area (Å²) in [6.45, 7) is 1.88. The molecule has 2 aliphatic rings. The summed E-state index contributed by atoms with van der Waals surface area (Å²) >= 11 is 0. The largest absolute Gasteiger partial charge is 0.251 e. The topological polar surface area (TPSA) is 0 Å². The first-order chi connectivity index (χ1) is 15.7. The molecule has 0 spiro atoms. The lowest BCUT2D eigenvalue weighted by Crippen LogP contribution is -2.25. The van der Waals surface area contributed by atoms with E-state index in [9.17, 15) is 4.39 Å². The number of rotatable bonds is 8. The fraction of sp³-hybridized carbons (Fsp3) is 0.548. The lowest BCUT2D eigenvalue weighted by atomic mass is 9.68. The number of hydrogen-bond donors (Lipinski definition) is 0. The number of hydrogen-bond acceptors (Lipinski definition) is 0. The van der Waals surface area contributed by atoms with Crippen LogP contribution in [0.25, 0.3) is 11.1 Å². The maximum absolute atomic E-state index is 12.5. The van der Waals surface area contributed by atoms with Gasteiger partial charge >= 0.3 is 0 Å². The highest BCUT2D eigenvalue weighted by molar-refractivity contribution is 5.64. The Kier molecular flexibility index (Phi) is 8.60. The summed E-state index contributed by atoms with van der Waals surface area (Å²) in [6, 6.07) is 17.4. The van der Waals surface area contributed by atoms with Crippen molar-refractivity contribution in [2.45, 2.75) is 77.6 Å². The van der Waals surface area contributed by atoms with Crippen molar-refractivity contribution in [3.05, 3.63) is 71.8 Å². The van der Waals surface area contributed by atoms with E-state index in [-0.39, 0.29) is 6.67 Å². The minimum absolute atomic E-state index is 0.284. The highest BCUT2D eigenvalue weighted by atomic mass is 19.1. The zero-order valence-electron chi connectivity index (χ0n) is 19.9. The molecule has 2 aliphatic carbocycles. The molecule has 32 heavy (non-hydrogen) atoms. The van der Waals surface area contributed by atoms with Gasteiger partial charge in [-0.3, -0.25) is 4.39 Å². The normalized spacial score (nSPS) is 26.4. The van der Waals surface area contributed by atoms with Gasteiger partial charge in [0.15, 0.2) is 0 Å². The smallest absolute Gasteiger partial charge is 0.0934 e. The van der Waals surface area contributed by atoms with Crippen LogP contribution in [-0.4, -0.2) is 6.67 Å². The fourth-order valence-electron chi connectivity index (χ4n) is 6.24. The Bertz CT molecular complexity index is 816. The van der Waals surface area contributed by atoms with Crippen LogP contribution < -0.4 is 0 Å². The predicted molar refractivity (Wildman–Crippen MR) is 136 cm³/mol. The first-order valence-corrected chi connectivity index (χ1v) is 13.1. The lowest BCUT2D eigenvalue weighted by Gasteiger charge is -2.37. The summed E-state index contributed by atoms with van der Waals surface area (Å²) in [4.78, 5) is 0. The van der Waals surface area contributed by atoms with Crippen LogP contribution in [0.4, 0.5) is 4.39 Å². The first-order valence-electron chi connectivity index (χ1n) is 13.1. The molecule has 0 unspecified atom stereocenters. The molecule has 0 radical (unpaired) electrons. The fourth-order valence-corrected chi connectivity index (χ4v) is 6.24. The predicted octanol–water partition coefficient (Wildman–Crippen LogP) is 8.99. The molecule has 4 rings (SSSR count). The summed E-state index contributed by atoms with van der Waals surface area (Å²) in [6.07, 6.45) is 19.4. The molecule has 0 aromatic heterocycles. The van der Waals surface area contributed by atoms with Gasteiger partial charge in [0.1, 0.15) is 0 Å². The van der Waals surface area contributed by atoms with Crippen molar-refractivity contribution >= 4 is 0 Å². The van der Waals surface area contributed by atoms with E-state index in [1.807, 2.05) is 12.1 Å². The molecule has 2 aromatic carbocycles. The summed E-state index contributed by atoms with van der Waals surface area (Å²) in [5.74, 6) is 3.80. The van der Waals surface area contributed by atoms with Gasteiger partial charge in [-0.25, -0.2) is 0 Å². The molecular weight excluding hydrogens is 391 g/mol. The van der Waals surface area contributed by atoms with Gasteiger partial charge in [0.05, 0.1) is 6.67 Å². The van der Waals surface area contributed by atoms with E-state index in [1.165, 1.54) is 80.9 Å². The van der Waals surface area contributed by atoms with Crippen LogP contribution in [-0.2, 0) is 12.8 Å². The molecular formula is C31H41F. The highest BCUT2D eigenvalue weighted by Gasteiger charge is 2.30. The molecule has 0 amide bonds. The van der Waals surface area contributed by atoms with Gasteiger partial charge in [-0.1, -0.05) is 73.5 Å². The first kappa shape index (κ1) is 23.3. The Morgan fingerprint density at radius 2 is 1.19 bits per heavy atom. The van der Waals surface area contributed by atoms with Gasteiger partial charge in [0.25, 0.3) is 0 Å². The second-order valence-corrected chi connectivity index (χ2v) is 10.4. The van der Waals surface area contributed by atoms with Crippen LogP contribution in [0.15, 0.2) is 60.7 Å². The molecule has 0 nitrogen and oxygen atoms in total. The minimum atomic E-state index is -0.284. The Labute approximate surface area is 195 Å². The van der Waals surface area contributed by atoms with E-state index in [0.717, 1.165) is 29.2 Å². The van der Waals surface area contributed by atoms with E-state index in [1.54, 1.807) is 0 Å². The zero-order chi connectivity index (χ0) is 22.2. The summed E-state index contributed by atoms with van der Waals surface area (Å²) in [5.41, 5.74) is 5.01. The van der Waals surface area contributed by atoms with Gasteiger partial charge < -0.3 is 0 Å². The maximum atomic E-state index is 12.5. The Balaban J connectivity index is 1.19. The van der Waals surface area contributed by atoms with Crippen LogP contribution >= 0.6 is 0 Å². The second kappa shape index (κ2) is 11.8. The van der Waals surface area contributed by atoms with Crippen LogP contribution in [0.2, 0.25) is 0 Å². The summed E-state index contributed by atoms with van der Waals surface area (Å²) in [5, 5.41) is 0. The van der Waals surface area contributed by atoms with Crippen LogP contribution in [0.5, 0.6) is 0 Å². The van der Waals surface area contributed by atoms with Gasteiger partial charge in [0, 0.05) is 6.42 Å². The van der Waals surface area contributed by atoms with Crippen molar-refractivity contribution in [3.63, 3.8) is 0 Å². The molecule has 2 aromatic rings. The third kappa shape index (κ3) is 6.33. The molecule has 0 atom stereocenters. The van der Waals surface area contributed by atoms with Crippen LogP contribution in [0.1, 0.15) is 75.8 Å². The molecule has 0 aliphatic heterocycles. The molecule has 0 saturated heterocycles. The van der Waals surface area contributed by atoms with Crippen molar-refractivity contribution in [2.75, 3.05) is 6.67 Å². The second-order valence-electron chi connectivity index (χ2n) is 10.4. The van der Waals surface area contributed by atoms with E-state index in [4.69, 9.17) is 0 Å². The lowest BCUT2D eigenvalue weighted by molar-refractivity contribution is 0.152. The van der Waals surface area contributed by atoms with E-state index in [0.29, 0.717) is 6.42 Å². The maximum Gasteiger partial charge on any atom is 0.0934 e. The highest BCUT2D eigenvalue weighted by Crippen LogP contribution is 2.42. The summed E-state index contributed by atoms with van der Waals surface area (Å²) < 4.78 is 12.5. The molecule has 172 valence electrons. The van der Waals surface area contributed by atoms with Crippen molar-refractivity contribution < 1.29 is 4.39 Å². The monoisotopic (exact) mass is 432 g/mol. The SMILES string of the molecule is CC=C[C@H]1CC[C@H]([C@H]2CC[C@H](CCc3ccc(-c4ccc(CCF)cc4)cc3)CC2)CC1. The molecule has 2 fully saturated rings. The Hall–Kier alpha value is -1.89. The average Bonchev–Trinajstić information content (AvgIpc) is 2.85. The molecule has 0 bridgehead atoms. The Morgan fingerprint density at radius 1 is 0.688 bits per heavy atom. The van der Waals surface area contributed by atoms with Crippen molar-refractivity contribution in [2.24, 2.45) is 23.7 Å². The van der Waals surface area contributed by atoms with Gasteiger partial charge in [-0.15, -0.1) is 0 Å². The average molecular weight is 433 g/mol. The van der Waals surface area contributed by atoms with E-state index >= 15 is 0 Å². The van der Waals surface area contributed by atoms with E-state index in [2.05, 4.69) is 55.5 Å². The molecule has 0 heterocycles. The standard InChI is InChI=1S/C31H41F/c1-2-3-24-6-14-28(15-7-24)29-16-8-25(9-17-29)4-5-26-10-18-30(19-11-26)31-20-12-27(13-21-31)22-23-32/h2-3,10-13,18-21,24-25,28-29H,4-9,14-17,22-23H2,1H3/t24-,25-,28-,29-. The van der Waals surface area contributed by atoms with Crippen LogP contribution in [0, 0.1) is 23.7 Å². The third-order valence-corrected chi connectivity index (χ3v) is 8.30. The van der Waals surface area contributed by atoms with E-state index < -0.39 is 0 Å². The van der Waals surface area contributed by atoms with Crippen molar-refractivity contribution in [1.82, 2.24) is 0 Å². The quantitative estimate of drug-likeness (QED) is 0.365. The Morgan fingerprint density at radius 3 is 1.69 bits per heavy atom. The van der Waals surface area contributed by atoms with Gasteiger partial charge in [-0.2, -0.15) is 0 Å². The van der Waals surface area contributed by atoms with Gasteiger partial charge in [-0.05, 0) is 104 Å². The number of aryl methyl sites for hydroxylation is 2. The number of halogens is 1. The molecule has 2 saturated carbocycles. The number of benzene rings is 2. The minimum Gasteiger partial charge on any atom is -0.251 e. The van der Waals surface area contributed by atoms with Crippen molar-refractivity contribution in [3.8, 4) is 11.1 Å². The van der Waals surface area contributed by atoms with Gasteiger partial charge in [0.2, 0.25) is 0 Å². The zero-order valence-corrected chi connectivity index (χ0v) is 19.9. The molecule has 1 heteroatoms. The molecule has 0 N–H and O–H groups in total. The third-order valence-electron chi connectivity index (χ3n) is 8.30.